The van der Waals surface area contributed by atoms with Crippen LogP contribution in [0.5, 0.6) is 5.75 Å². The number of benzene rings is 2. The summed E-state index contributed by atoms with van der Waals surface area (Å²) < 4.78 is 6.46. The van der Waals surface area contributed by atoms with E-state index >= 15 is 0 Å². The summed E-state index contributed by atoms with van der Waals surface area (Å²) in [6.45, 7) is 1.80. The molecular formula is C17H17BrN4O2S. The summed E-state index contributed by atoms with van der Waals surface area (Å²) in [4.78, 5) is 12.1. The highest BCUT2D eigenvalue weighted by molar-refractivity contribution is 9.10. The number of aryl methyl sites for hydroxylation is 1. The number of carbonyl (C=O) groups excluding carboxylic acids is 1. The van der Waals surface area contributed by atoms with Crippen LogP contribution in [0.1, 0.15) is 11.1 Å². The lowest BCUT2D eigenvalue weighted by atomic mass is 10.2. The van der Waals surface area contributed by atoms with Gasteiger partial charge in [-0.3, -0.25) is 10.2 Å². The van der Waals surface area contributed by atoms with E-state index in [4.69, 9.17) is 10.5 Å². The van der Waals surface area contributed by atoms with Gasteiger partial charge < -0.3 is 15.8 Å². The second-order valence-electron chi connectivity index (χ2n) is 5.07. The Balaban J connectivity index is 2.02. The summed E-state index contributed by atoms with van der Waals surface area (Å²) in [6.07, 6.45) is 1.51. The molecule has 0 unspecified atom stereocenters. The third-order valence-corrected chi connectivity index (χ3v) is 3.71. The number of hydrogen-bond donors (Lipinski definition) is 3. The van der Waals surface area contributed by atoms with Crippen LogP contribution >= 0.6 is 28.1 Å². The Bertz CT molecular complexity index is 811. The van der Waals surface area contributed by atoms with Crippen LogP contribution in [-0.4, -0.2) is 23.8 Å². The SMILES string of the molecule is Cc1ccccc1NC(=O)COc1ccc(Br)cc1C=NNC(N)=S. The number of thiocarbonyl (C=S) groups is 1. The van der Waals surface area contributed by atoms with Gasteiger partial charge >= 0.3 is 0 Å². The largest absolute Gasteiger partial charge is 0.483 e. The Hall–Kier alpha value is -2.45. The molecule has 0 spiro atoms. The summed E-state index contributed by atoms with van der Waals surface area (Å²) in [5.74, 6) is 0.262. The fourth-order valence-corrected chi connectivity index (χ4v) is 2.39. The number of ether oxygens (including phenoxy) is 1. The van der Waals surface area contributed by atoms with Gasteiger partial charge in [0.2, 0.25) is 0 Å². The number of rotatable bonds is 6. The van der Waals surface area contributed by atoms with E-state index in [0.717, 1.165) is 15.7 Å². The minimum absolute atomic E-state index is 0.0614. The Morgan fingerprint density at radius 3 is 2.84 bits per heavy atom. The maximum Gasteiger partial charge on any atom is 0.262 e. The molecule has 0 fully saturated rings. The first-order valence-electron chi connectivity index (χ1n) is 7.32. The average molecular weight is 421 g/mol. The molecule has 130 valence electrons. The fraction of sp³-hybridized carbons (Fsp3) is 0.118. The first-order valence-corrected chi connectivity index (χ1v) is 8.52. The standard InChI is InChI=1S/C17H17BrN4O2S/c1-11-4-2-3-5-14(11)21-16(23)10-24-15-7-6-13(18)8-12(15)9-20-22-17(19)25/h2-9H,10H2,1H3,(H,21,23)(H3,19,22,25). The molecule has 0 bridgehead atoms. The number of halogens is 1. The third kappa shape index (κ3) is 6.17. The van der Waals surface area contributed by atoms with Gasteiger partial charge in [-0.1, -0.05) is 34.1 Å². The van der Waals surface area contributed by atoms with Gasteiger partial charge in [0, 0.05) is 15.7 Å². The van der Waals surface area contributed by atoms with Gasteiger partial charge in [0.25, 0.3) is 5.91 Å². The monoisotopic (exact) mass is 420 g/mol. The van der Waals surface area contributed by atoms with Crippen LogP contribution in [0.25, 0.3) is 0 Å². The van der Waals surface area contributed by atoms with Gasteiger partial charge in [0.15, 0.2) is 11.7 Å². The summed E-state index contributed by atoms with van der Waals surface area (Å²) in [6, 6.07) is 12.9. The molecular weight excluding hydrogens is 404 g/mol. The summed E-state index contributed by atoms with van der Waals surface area (Å²) in [5.41, 5.74) is 10.2. The summed E-state index contributed by atoms with van der Waals surface area (Å²) in [7, 11) is 0. The number of carbonyl (C=O) groups is 1. The molecule has 4 N–H and O–H groups in total. The van der Waals surface area contributed by atoms with Crippen LogP contribution in [0.2, 0.25) is 0 Å². The van der Waals surface area contributed by atoms with Gasteiger partial charge in [-0.05, 0) is 49.0 Å². The van der Waals surface area contributed by atoms with E-state index in [2.05, 4.69) is 44.0 Å². The van der Waals surface area contributed by atoms with Gasteiger partial charge in [0.05, 0.1) is 6.21 Å². The lowest BCUT2D eigenvalue weighted by Crippen LogP contribution is -2.24. The van der Waals surface area contributed by atoms with Crippen LogP contribution < -0.4 is 21.2 Å². The molecule has 0 heterocycles. The van der Waals surface area contributed by atoms with Crippen LogP contribution in [0.3, 0.4) is 0 Å². The smallest absolute Gasteiger partial charge is 0.262 e. The van der Waals surface area contributed by atoms with E-state index in [1.54, 1.807) is 12.1 Å². The molecule has 2 aromatic rings. The molecule has 0 radical (unpaired) electrons. The van der Waals surface area contributed by atoms with Crippen molar-refractivity contribution >= 4 is 51.1 Å². The van der Waals surface area contributed by atoms with Crippen molar-refractivity contribution in [1.29, 1.82) is 0 Å². The molecule has 6 nitrogen and oxygen atoms in total. The van der Waals surface area contributed by atoms with Crippen molar-refractivity contribution in [2.45, 2.75) is 6.92 Å². The van der Waals surface area contributed by atoms with Crippen molar-refractivity contribution in [2.75, 3.05) is 11.9 Å². The van der Waals surface area contributed by atoms with Gasteiger partial charge in [-0.15, -0.1) is 0 Å². The number of nitrogens with one attached hydrogen (secondary N) is 2. The summed E-state index contributed by atoms with van der Waals surface area (Å²) in [5, 5.41) is 6.78. The molecule has 8 heteroatoms. The van der Waals surface area contributed by atoms with Crippen molar-refractivity contribution in [3.05, 3.63) is 58.1 Å². The van der Waals surface area contributed by atoms with Gasteiger partial charge in [-0.25, -0.2) is 0 Å². The first kappa shape index (κ1) is 18.9. The maximum atomic E-state index is 12.1. The van der Waals surface area contributed by atoms with E-state index in [1.807, 2.05) is 37.3 Å². The van der Waals surface area contributed by atoms with Crippen molar-refractivity contribution in [2.24, 2.45) is 10.8 Å². The molecule has 0 aliphatic carbocycles. The van der Waals surface area contributed by atoms with Gasteiger partial charge in [-0.2, -0.15) is 5.10 Å². The highest BCUT2D eigenvalue weighted by Crippen LogP contribution is 2.22. The van der Waals surface area contributed by atoms with Crippen molar-refractivity contribution in [3.63, 3.8) is 0 Å². The topological polar surface area (TPSA) is 88.7 Å². The van der Waals surface area contributed by atoms with E-state index in [9.17, 15) is 4.79 Å². The Kier molecular flexibility index (Phi) is 6.91. The van der Waals surface area contributed by atoms with Crippen molar-refractivity contribution in [1.82, 2.24) is 5.43 Å². The zero-order chi connectivity index (χ0) is 18.2. The Labute approximate surface area is 159 Å². The number of para-hydroxylation sites is 1. The molecule has 25 heavy (non-hydrogen) atoms. The lowest BCUT2D eigenvalue weighted by Gasteiger charge is -2.11. The molecule has 0 aliphatic heterocycles. The number of nitrogens with two attached hydrogens (primary N) is 1. The Morgan fingerprint density at radius 1 is 1.36 bits per heavy atom. The maximum absolute atomic E-state index is 12.1. The minimum atomic E-state index is -0.249. The zero-order valence-corrected chi connectivity index (χ0v) is 15.9. The second-order valence-corrected chi connectivity index (χ2v) is 6.42. The summed E-state index contributed by atoms with van der Waals surface area (Å²) >= 11 is 8.07. The lowest BCUT2D eigenvalue weighted by molar-refractivity contribution is -0.118. The number of anilines is 1. The second kappa shape index (κ2) is 9.14. The molecule has 0 aliphatic rings. The molecule has 0 aromatic heterocycles. The normalized spacial score (nSPS) is 10.5. The van der Waals surface area contributed by atoms with Crippen LogP contribution in [0.4, 0.5) is 5.69 Å². The predicted octanol–water partition coefficient (Wildman–Crippen LogP) is 2.94. The number of nitrogens with zero attached hydrogens (tertiary/aromatic N) is 1. The molecule has 2 aromatic carbocycles. The quantitative estimate of drug-likeness (QED) is 0.379. The zero-order valence-electron chi connectivity index (χ0n) is 13.5. The number of hydrazone groups is 1. The van der Waals surface area contributed by atoms with Crippen LogP contribution in [0, 0.1) is 6.92 Å². The Morgan fingerprint density at radius 2 is 2.12 bits per heavy atom. The molecule has 0 atom stereocenters. The first-order chi connectivity index (χ1) is 12.0. The van der Waals surface area contributed by atoms with E-state index in [0.29, 0.717) is 11.3 Å². The predicted molar refractivity (Wildman–Crippen MR) is 107 cm³/mol. The molecule has 1 amide bonds. The highest BCUT2D eigenvalue weighted by atomic mass is 79.9. The third-order valence-electron chi connectivity index (χ3n) is 3.13. The number of hydrogen-bond acceptors (Lipinski definition) is 4. The molecule has 2 rings (SSSR count). The molecule has 0 saturated carbocycles. The van der Waals surface area contributed by atoms with E-state index in [1.165, 1.54) is 6.21 Å². The average Bonchev–Trinajstić information content (AvgIpc) is 2.56. The molecule has 0 saturated heterocycles. The minimum Gasteiger partial charge on any atom is -0.483 e. The van der Waals surface area contributed by atoms with Crippen molar-refractivity contribution < 1.29 is 9.53 Å². The van der Waals surface area contributed by atoms with E-state index < -0.39 is 0 Å². The van der Waals surface area contributed by atoms with E-state index in [-0.39, 0.29) is 17.6 Å². The number of amides is 1. The van der Waals surface area contributed by atoms with Crippen molar-refractivity contribution in [3.8, 4) is 5.75 Å². The fourth-order valence-electron chi connectivity index (χ4n) is 1.96. The van der Waals surface area contributed by atoms with Gasteiger partial charge in [0.1, 0.15) is 5.75 Å². The van der Waals surface area contributed by atoms with Crippen LogP contribution in [0.15, 0.2) is 52.0 Å². The van der Waals surface area contributed by atoms with Crippen LogP contribution in [-0.2, 0) is 4.79 Å². The highest BCUT2D eigenvalue weighted by Gasteiger charge is 2.08.